The third-order valence-corrected chi connectivity index (χ3v) is 2.67. The molecule has 3 heteroatoms. The van der Waals surface area contributed by atoms with Crippen LogP contribution < -0.4 is 5.73 Å². The van der Waals surface area contributed by atoms with Crippen LogP contribution in [0.5, 0.6) is 0 Å². The molecule has 0 unspecified atom stereocenters. The Labute approximate surface area is 72.9 Å². The second-order valence-corrected chi connectivity index (χ2v) is 3.67. The van der Waals surface area contributed by atoms with Gasteiger partial charge in [-0.25, -0.2) is 0 Å². The van der Waals surface area contributed by atoms with Crippen LogP contribution in [0.15, 0.2) is 0 Å². The van der Waals surface area contributed by atoms with Gasteiger partial charge in [0.15, 0.2) is 0 Å². The van der Waals surface area contributed by atoms with Crippen molar-refractivity contribution < 1.29 is 9.90 Å². The highest BCUT2D eigenvalue weighted by molar-refractivity contribution is 5.72. The molecule has 0 heterocycles. The summed E-state index contributed by atoms with van der Waals surface area (Å²) in [7, 11) is 0. The molecule has 0 aliphatic heterocycles. The number of carboxylic acid groups (broad SMARTS) is 1. The Morgan fingerprint density at radius 3 is 2.67 bits per heavy atom. The molecule has 3 N–H and O–H groups in total. The van der Waals surface area contributed by atoms with Crippen LogP contribution in [0.1, 0.15) is 38.5 Å². The summed E-state index contributed by atoms with van der Waals surface area (Å²) >= 11 is 0. The molecule has 1 saturated carbocycles. The van der Waals surface area contributed by atoms with E-state index in [0.717, 1.165) is 12.3 Å². The van der Waals surface area contributed by atoms with Gasteiger partial charge in [-0.2, -0.15) is 0 Å². The van der Waals surface area contributed by atoms with Gasteiger partial charge in [0, 0.05) is 0 Å². The summed E-state index contributed by atoms with van der Waals surface area (Å²) in [6.07, 6.45) is 6.80. The van der Waals surface area contributed by atoms with Crippen molar-refractivity contribution in [3.05, 3.63) is 0 Å². The van der Waals surface area contributed by atoms with E-state index < -0.39 is 12.0 Å². The number of nitrogens with two attached hydrogens (primary N) is 1. The summed E-state index contributed by atoms with van der Waals surface area (Å²) in [5.74, 6) is -0.00500. The second-order valence-electron chi connectivity index (χ2n) is 3.67. The lowest BCUT2D eigenvalue weighted by molar-refractivity contribution is -0.138. The number of hydrogen-bond acceptors (Lipinski definition) is 2. The fourth-order valence-corrected chi connectivity index (χ4v) is 1.53. The first-order valence-electron chi connectivity index (χ1n) is 4.68. The maximum atomic E-state index is 10.3. The Morgan fingerprint density at radius 1 is 1.58 bits per heavy atom. The molecule has 70 valence electrons. The highest BCUT2D eigenvalue weighted by atomic mass is 16.4. The van der Waals surface area contributed by atoms with E-state index in [1.54, 1.807) is 0 Å². The Morgan fingerprint density at radius 2 is 2.25 bits per heavy atom. The van der Waals surface area contributed by atoms with Crippen LogP contribution in [0.4, 0.5) is 0 Å². The summed E-state index contributed by atoms with van der Waals surface area (Å²) < 4.78 is 0. The van der Waals surface area contributed by atoms with Crippen LogP contribution in [0.2, 0.25) is 0 Å². The molecule has 3 nitrogen and oxygen atoms in total. The van der Waals surface area contributed by atoms with Gasteiger partial charge in [-0.1, -0.05) is 32.1 Å². The predicted molar refractivity (Wildman–Crippen MR) is 46.8 cm³/mol. The molecule has 1 atom stereocenters. The normalized spacial score (nSPS) is 20.1. The number of aliphatic carboxylic acids is 1. The smallest absolute Gasteiger partial charge is 0.320 e. The van der Waals surface area contributed by atoms with Gasteiger partial charge < -0.3 is 10.8 Å². The molecule has 0 radical (unpaired) electrons. The minimum absolute atomic E-state index is 0.631. The Kier molecular flexibility index (Phi) is 3.53. The molecular weight excluding hydrogens is 154 g/mol. The molecule has 0 spiro atoms. The van der Waals surface area contributed by atoms with Crippen molar-refractivity contribution in [2.75, 3.05) is 0 Å². The van der Waals surface area contributed by atoms with Crippen molar-refractivity contribution in [1.82, 2.24) is 0 Å². The van der Waals surface area contributed by atoms with Crippen molar-refractivity contribution in [1.29, 1.82) is 0 Å². The summed E-state index contributed by atoms with van der Waals surface area (Å²) in [4.78, 5) is 10.3. The first-order valence-corrected chi connectivity index (χ1v) is 4.68. The fourth-order valence-electron chi connectivity index (χ4n) is 1.53. The molecule has 0 amide bonds. The zero-order chi connectivity index (χ0) is 8.97. The lowest BCUT2D eigenvalue weighted by Crippen LogP contribution is -2.30. The maximum absolute atomic E-state index is 10.3. The second kappa shape index (κ2) is 4.45. The number of carboxylic acids is 1. The molecule has 0 aromatic carbocycles. The van der Waals surface area contributed by atoms with Crippen molar-refractivity contribution >= 4 is 5.97 Å². The van der Waals surface area contributed by atoms with Gasteiger partial charge in [0.2, 0.25) is 0 Å². The van der Waals surface area contributed by atoms with Gasteiger partial charge in [0.05, 0.1) is 0 Å². The Bertz CT molecular complexity index is 155. The van der Waals surface area contributed by atoms with Crippen LogP contribution in [-0.2, 0) is 4.79 Å². The fraction of sp³-hybridized carbons (Fsp3) is 0.889. The molecule has 0 aromatic heterocycles. The van der Waals surface area contributed by atoms with Gasteiger partial charge in [-0.3, -0.25) is 4.79 Å². The molecule has 1 aliphatic rings. The van der Waals surface area contributed by atoms with E-state index in [9.17, 15) is 4.79 Å². The van der Waals surface area contributed by atoms with Gasteiger partial charge in [0.25, 0.3) is 0 Å². The van der Waals surface area contributed by atoms with E-state index in [2.05, 4.69) is 0 Å². The van der Waals surface area contributed by atoms with Crippen molar-refractivity contribution in [3.8, 4) is 0 Å². The van der Waals surface area contributed by atoms with Crippen LogP contribution in [0.25, 0.3) is 0 Å². The molecule has 12 heavy (non-hydrogen) atoms. The van der Waals surface area contributed by atoms with Crippen LogP contribution >= 0.6 is 0 Å². The Hall–Kier alpha value is -0.570. The average molecular weight is 171 g/mol. The van der Waals surface area contributed by atoms with Gasteiger partial charge >= 0.3 is 5.97 Å². The highest BCUT2D eigenvalue weighted by Crippen LogP contribution is 2.30. The van der Waals surface area contributed by atoms with E-state index in [1.165, 1.54) is 25.7 Å². The number of carbonyl (C=O) groups is 1. The van der Waals surface area contributed by atoms with E-state index >= 15 is 0 Å². The van der Waals surface area contributed by atoms with Gasteiger partial charge in [-0.05, 0) is 12.3 Å². The lowest BCUT2D eigenvalue weighted by Gasteiger charge is -2.25. The standard InChI is InChI=1S/C9H17NO2/c10-8(9(11)12)6-2-5-7-3-1-4-7/h7-8H,1-6,10H2,(H,11,12)/t8-/m0/s1. The molecule has 0 saturated heterocycles. The quantitative estimate of drug-likeness (QED) is 0.656. The van der Waals surface area contributed by atoms with Gasteiger partial charge in [0.1, 0.15) is 6.04 Å². The zero-order valence-electron chi connectivity index (χ0n) is 7.33. The minimum atomic E-state index is -0.872. The monoisotopic (exact) mass is 171 g/mol. The average Bonchev–Trinajstić information content (AvgIpc) is 1.93. The molecule has 1 aliphatic carbocycles. The van der Waals surface area contributed by atoms with Crippen LogP contribution in [-0.4, -0.2) is 17.1 Å². The maximum Gasteiger partial charge on any atom is 0.320 e. The molecular formula is C9H17NO2. The number of rotatable bonds is 5. The Balaban J connectivity index is 1.97. The molecule has 1 fully saturated rings. The summed E-state index contributed by atoms with van der Waals surface area (Å²) in [5, 5.41) is 8.49. The summed E-state index contributed by atoms with van der Waals surface area (Å²) in [6, 6.07) is -0.648. The van der Waals surface area contributed by atoms with Gasteiger partial charge in [-0.15, -0.1) is 0 Å². The first-order chi connectivity index (χ1) is 5.70. The van der Waals surface area contributed by atoms with E-state index in [4.69, 9.17) is 10.8 Å². The molecule has 0 aromatic rings. The number of hydrogen-bond donors (Lipinski definition) is 2. The van der Waals surface area contributed by atoms with E-state index in [-0.39, 0.29) is 0 Å². The predicted octanol–water partition coefficient (Wildman–Crippen LogP) is 1.37. The van der Waals surface area contributed by atoms with Crippen molar-refractivity contribution in [2.45, 2.75) is 44.6 Å². The summed E-state index contributed by atoms with van der Waals surface area (Å²) in [6.45, 7) is 0. The van der Waals surface area contributed by atoms with E-state index in [0.29, 0.717) is 6.42 Å². The van der Waals surface area contributed by atoms with Crippen LogP contribution in [0, 0.1) is 5.92 Å². The van der Waals surface area contributed by atoms with E-state index in [1.807, 2.05) is 0 Å². The third kappa shape index (κ3) is 2.81. The summed E-state index contributed by atoms with van der Waals surface area (Å²) in [5.41, 5.74) is 5.36. The zero-order valence-corrected chi connectivity index (χ0v) is 7.33. The largest absolute Gasteiger partial charge is 0.480 e. The highest BCUT2D eigenvalue weighted by Gasteiger charge is 2.18. The minimum Gasteiger partial charge on any atom is -0.480 e. The molecule has 0 bridgehead atoms. The first kappa shape index (κ1) is 9.52. The van der Waals surface area contributed by atoms with Crippen molar-refractivity contribution in [3.63, 3.8) is 0 Å². The van der Waals surface area contributed by atoms with Crippen LogP contribution in [0.3, 0.4) is 0 Å². The van der Waals surface area contributed by atoms with Crippen molar-refractivity contribution in [2.24, 2.45) is 11.7 Å². The lowest BCUT2D eigenvalue weighted by atomic mass is 9.81. The topological polar surface area (TPSA) is 63.3 Å². The SMILES string of the molecule is N[C@@H](CCCC1CCC1)C(=O)O. The third-order valence-electron chi connectivity index (χ3n) is 2.67. The molecule has 1 rings (SSSR count).